The van der Waals surface area contributed by atoms with Crippen molar-refractivity contribution in [3.05, 3.63) is 41.5 Å². The average molecular weight is 421 g/mol. The smallest absolute Gasteiger partial charge is 0.174 e. The number of carbonyl (C=O) groups is 1. The van der Waals surface area contributed by atoms with Crippen molar-refractivity contribution in [1.29, 1.82) is 0 Å². The number of anilines is 1. The third-order valence-corrected chi connectivity index (χ3v) is 7.60. The van der Waals surface area contributed by atoms with Crippen LogP contribution in [0.4, 0.5) is 5.69 Å². The van der Waals surface area contributed by atoms with Gasteiger partial charge in [0.25, 0.3) is 0 Å². The standard InChI is InChI=1S/C28H40N2O/c1-4-7-15-28(16-8-5-2)24-13-14-25(22-11-9-12-23(26(22)24)27(28)31)30-19-10-18-29(17-6-3)20-21-30/h9,11-14H,4-8,10,15-21H2,1-3H3. The summed E-state index contributed by atoms with van der Waals surface area (Å²) < 4.78 is 0. The molecule has 0 unspecified atom stereocenters. The average Bonchev–Trinajstić information content (AvgIpc) is 2.92. The highest BCUT2D eigenvalue weighted by Crippen LogP contribution is 2.50. The van der Waals surface area contributed by atoms with Crippen molar-refractivity contribution in [2.45, 2.75) is 77.6 Å². The number of nitrogens with zero attached hydrogens (tertiary/aromatic N) is 2. The SMILES string of the molecule is CCCCC1(CCCC)C(=O)c2cccc3c(N4CCCN(CCC)CC4)ccc1c23. The first-order chi connectivity index (χ1) is 15.2. The molecule has 2 aromatic carbocycles. The van der Waals surface area contributed by atoms with E-state index in [4.69, 9.17) is 0 Å². The van der Waals surface area contributed by atoms with E-state index in [9.17, 15) is 4.79 Å². The highest BCUT2D eigenvalue weighted by molar-refractivity contribution is 6.22. The molecule has 31 heavy (non-hydrogen) atoms. The van der Waals surface area contributed by atoms with E-state index in [0.29, 0.717) is 5.78 Å². The summed E-state index contributed by atoms with van der Waals surface area (Å²) in [5.41, 5.74) is 3.32. The van der Waals surface area contributed by atoms with E-state index >= 15 is 0 Å². The summed E-state index contributed by atoms with van der Waals surface area (Å²) in [5, 5.41) is 2.55. The number of benzene rings is 2. The maximum Gasteiger partial charge on any atom is 0.174 e. The van der Waals surface area contributed by atoms with Gasteiger partial charge in [-0.2, -0.15) is 0 Å². The van der Waals surface area contributed by atoms with Gasteiger partial charge in [-0.1, -0.05) is 70.7 Å². The van der Waals surface area contributed by atoms with Crippen LogP contribution in [-0.4, -0.2) is 43.4 Å². The van der Waals surface area contributed by atoms with Crippen LogP contribution in [0, 0.1) is 0 Å². The van der Waals surface area contributed by atoms with Crippen LogP contribution in [0.3, 0.4) is 0 Å². The van der Waals surface area contributed by atoms with Crippen molar-refractivity contribution < 1.29 is 4.79 Å². The van der Waals surface area contributed by atoms with E-state index in [2.05, 4.69) is 60.9 Å². The molecule has 0 spiro atoms. The fourth-order valence-electron chi connectivity index (χ4n) is 5.97. The number of unbranched alkanes of at least 4 members (excludes halogenated alkanes) is 2. The Balaban J connectivity index is 1.75. The van der Waals surface area contributed by atoms with Gasteiger partial charge in [0.1, 0.15) is 0 Å². The van der Waals surface area contributed by atoms with Crippen LogP contribution >= 0.6 is 0 Å². The zero-order valence-electron chi connectivity index (χ0n) is 19.9. The van der Waals surface area contributed by atoms with Gasteiger partial charge < -0.3 is 9.80 Å². The summed E-state index contributed by atoms with van der Waals surface area (Å²) in [4.78, 5) is 19.0. The van der Waals surface area contributed by atoms with Crippen LogP contribution in [0.25, 0.3) is 10.8 Å². The lowest BCUT2D eigenvalue weighted by Crippen LogP contribution is -2.32. The van der Waals surface area contributed by atoms with Crippen molar-refractivity contribution >= 4 is 22.2 Å². The Morgan fingerprint density at radius 1 is 0.871 bits per heavy atom. The summed E-state index contributed by atoms with van der Waals surface area (Å²) in [6, 6.07) is 11.1. The predicted octanol–water partition coefficient (Wildman–Crippen LogP) is 6.58. The number of hydrogen-bond acceptors (Lipinski definition) is 3. The lowest BCUT2D eigenvalue weighted by Gasteiger charge is -2.30. The normalized spacial score (nSPS) is 18.7. The van der Waals surface area contributed by atoms with Gasteiger partial charge in [0.15, 0.2) is 5.78 Å². The molecule has 0 aromatic heterocycles. The molecule has 0 bridgehead atoms. The van der Waals surface area contributed by atoms with E-state index in [0.717, 1.165) is 63.7 Å². The summed E-state index contributed by atoms with van der Waals surface area (Å²) in [6.45, 7) is 12.4. The number of hydrogen-bond donors (Lipinski definition) is 0. The van der Waals surface area contributed by atoms with E-state index in [1.165, 1.54) is 48.0 Å². The molecule has 168 valence electrons. The summed E-state index contributed by atoms with van der Waals surface area (Å²) in [6.07, 6.45) is 8.92. The van der Waals surface area contributed by atoms with Crippen molar-refractivity contribution in [2.24, 2.45) is 0 Å². The Morgan fingerprint density at radius 3 is 2.35 bits per heavy atom. The lowest BCUT2D eigenvalue weighted by atomic mass is 9.72. The van der Waals surface area contributed by atoms with Gasteiger partial charge in [0.05, 0.1) is 5.41 Å². The molecule has 0 saturated carbocycles. The summed E-state index contributed by atoms with van der Waals surface area (Å²) in [5.74, 6) is 0.386. The van der Waals surface area contributed by atoms with Crippen LogP contribution in [0.1, 0.15) is 88.1 Å². The molecule has 3 nitrogen and oxygen atoms in total. The third-order valence-electron chi connectivity index (χ3n) is 7.60. The van der Waals surface area contributed by atoms with E-state index in [1.54, 1.807) is 0 Å². The Bertz CT molecular complexity index is 911. The molecule has 1 heterocycles. The van der Waals surface area contributed by atoms with E-state index in [-0.39, 0.29) is 5.41 Å². The first-order valence-electron chi connectivity index (χ1n) is 12.7. The van der Waals surface area contributed by atoms with Crippen molar-refractivity contribution in [3.63, 3.8) is 0 Å². The summed E-state index contributed by atoms with van der Waals surface area (Å²) >= 11 is 0. The highest BCUT2D eigenvalue weighted by atomic mass is 16.1. The van der Waals surface area contributed by atoms with Gasteiger partial charge in [0.2, 0.25) is 0 Å². The minimum absolute atomic E-state index is 0.302. The van der Waals surface area contributed by atoms with Crippen LogP contribution in [0.5, 0.6) is 0 Å². The fourth-order valence-corrected chi connectivity index (χ4v) is 5.97. The van der Waals surface area contributed by atoms with Gasteiger partial charge in [-0.05, 0) is 55.8 Å². The Labute approximate surface area is 188 Å². The maximum absolute atomic E-state index is 13.8. The van der Waals surface area contributed by atoms with Crippen LogP contribution in [0.2, 0.25) is 0 Å². The molecule has 1 aliphatic carbocycles. The van der Waals surface area contributed by atoms with Crippen LogP contribution in [0.15, 0.2) is 30.3 Å². The second-order valence-electron chi connectivity index (χ2n) is 9.66. The minimum atomic E-state index is -0.302. The fraction of sp³-hybridized carbons (Fsp3) is 0.607. The lowest BCUT2D eigenvalue weighted by molar-refractivity contribution is 0.0871. The zero-order valence-corrected chi connectivity index (χ0v) is 19.9. The molecule has 0 atom stereocenters. The molecular weight excluding hydrogens is 380 g/mol. The molecule has 2 aliphatic rings. The molecule has 0 radical (unpaired) electrons. The number of rotatable bonds is 9. The third kappa shape index (κ3) is 4.02. The largest absolute Gasteiger partial charge is 0.370 e. The quantitative estimate of drug-likeness (QED) is 0.458. The van der Waals surface area contributed by atoms with E-state index < -0.39 is 0 Å². The Hall–Kier alpha value is -1.87. The number of ketones is 1. The summed E-state index contributed by atoms with van der Waals surface area (Å²) in [7, 11) is 0. The second-order valence-corrected chi connectivity index (χ2v) is 9.66. The molecule has 3 heteroatoms. The molecular formula is C28H40N2O. The highest BCUT2D eigenvalue weighted by Gasteiger charge is 2.46. The van der Waals surface area contributed by atoms with Gasteiger partial charge in [-0.3, -0.25) is 4.79 Å². The first kappa shape index (κ1) is 22.3. The monoisotopic (exact) mass is 420 g/mol. The van der Waals surface area contributed by atoms with Crippen LogP contribution in [-0.2, 0) is 5.41 Å². The second kappa shape index (κ2) is 9.73. The molecule has 0 N–H and O–H groups in total. The van der Waals surface area contributed by atoms with Crippen molar-refractivity contribution in [2.75, 3.05) is 37.6 Å². The van der Waals surface area contributed by atoms with Gasteiger partial charge >= 0.3 is 0 Å². The van der Waals surface area contributed by atoms with Crippen LogP contribution < -0.4 is 4.90 Å². The maximum atomic E-state index is 13.8. The van der Waals surface area contributed by atoms with Gasteiger partial charge in [0, 0.05) is 36.3 Å². The van der Waals surface area contributed by atoms with Gasteiger partial charge in [-0.15, -0.1) is 0 Å². The van der Waals surface area contributed by atoms with Crippen molar-refractivity contribution in [1.82, 2.24) is 4.90 Å². The predicted molar refractivity (Wildman–Crippen MR) is 133 cm³/mol. The number of Topliss-reactive ketones (excluding diaryl/α,β-unsaturated/α-hetero) is 1. The minimum Gasteiger partial charge on any atom is -0.370 e. The topological polar surface area (TPSA) is 23.6 Å². The van der Waals surface area contributed by atoms with Gasteiger partial charge in [-0.25, -0.2) is 0 Å². The first-order valence-corrected chi connectivity index (χ1v) is 12.7. The van der Waals surface area contributed by atoms with E-state index in [1.807, 2.05) is 0 Å². The Kier molecular flexibility index (Phi) is 7.01. The Morgan fingerprint density at radius 2 is 1.65 bits per heavy atom. The molecule has 2 aromatic rings. The number of carbonyl (C=O) groups excluding carboxylic acids is 1. The molecule has 0 amide bonds. The molecule has 1 fully saturated rings. The molecule has 4 rings (SSSR count). The molecule has 1 aliphatic heterocycles. The zero-order chi connectivity index (χ0) is 21.8. The van der Waals surface area contributed by atoms with Crippen molar-refractivity contribution in [3.8, 4) is 0 Å². The molecule has 1 saturated heterocycles.